The maximum Gasteiger partial charge on any atom is 0.410 e. The molecule has 5 aliphatic rings. The topological polar surface area (TPSA) is 84.9 Å². The zero-order valence-corrected chi connectivity index (χ0v) is 35.5. The molecule has 4 saturated carbocycles. The molecule has 9 atom stereocenters. The zero-order chi connectivity index (χ0) is 39.6. The second-order valence-electron chi connectivity index (χ2n) is 20.5. The highest BCUT2D eigenvalue weighted by molar-refractivity contribution is 5.90. The first kappa shape index (κ1) is 40.6. The molecule has 9 unspecified atom stereocenters. The largest absolute Gasteiger partial charge is 0.465 e. The van der Waals surface area contributed by atoms with Crippen molar-refractivity contribution in [3.63, 3.8) is 0 Å². The van der Waals surface area contributed by atoms with Gasteiger partial charge in [-0.15, -0.1) is 0 Å². The lowest BCUT2D eigenvalue weighted by Gasteiger charge is -2.72. The Kier molecular flexibility index (Phi) is 10.6. The van der Waals surface area contributed by atoms with Gasteiger partial charge in [-0.25, -0.2) is 9.59 Å². The minimum Gasteiger partial charge on any atom is -0.465 e. The van der Waals surface area contributed by atoms with E-state index in [1.54, 1.807) is 11.9 Å². The van der Waals surface area contributed by atoms with Gasteiger partial charge in [0.1, 0.15) is 5.60 Å². The molecule has 0 aromatic heterocycles. The van der Waals surface area contributed by atoms with Crippen molar-refractivity contribution in [2.24, 2.45) is 56.7 Å². The van der Waals surface area contributed by atoms with Crippen molar-refractivity contribution in [1.29, 1.82) is 0 Å². The molecule has 0 radical (unpaired) electrons. The number of amides is 2. The van der Waals surface area contributed by atoms with Gasteiger partial charge in [-0.3, -0.25) is 4.79 Å². The number of nitrogens with zero attached hydrogens (tertiary/aromatic N) is 1. The van der Waals surface area contributed by atoms with E-state index in [0.29, 0.717) is 54.7 Å². The SMILES string of the molecule is C=C(C)C1CCC2(C(=O)NCCCN(C)C(=O)OC(C)(C)C)CCC3(C)C(CCC4C5(C)CC=C(c6ccc(C(=O)OC)cc6)C(C)(C)C5CCC43C)C12. The summed E-state index contributed by atoms with van der Waals surface area (Å²) in [5.74, 6) is 2.26. The van der Waals surface area contributed by atoms with Crippen molar-refractivity contribution in [2.45, 2.75) is 132 Å². The number of ether oxygens (including phenoxy) is 2. The van der Waals surface area contributed by atoms with Crippen LogP contribution in [0.15, 0.2) is 42.5 Å². The van der Waals surface area contributed by atoms with Crippen molar-refractivity contribution in [3.05, 3.63) is 53.6 Å². The molecule has 7 heteroatoms. The summed E-state index contributed by atoms with van der Waals surface area (Å²) in [6.45, 7) is 26.3. The molecular formula is C47H70N2O5. The summed E-state index contributed by atoms with van der Waals surface area (Å²) in [6, 6.07) is 8.02. The molecule has 1 N–H and O–H groups in total. The number of allylic oxidation sites excluding steroid dienone is 3. The van der Waals surface area contributed by atoms with Crippen molar-refractivity contribution < 1.29 is 23.9 Å². The standard InChI is InChI=1S/C47H70N2O5/c1-30(2)33-20-25-47(40(51)48-28-13-29-49(11)41(52)54-42(3,4)5)27-26-45(9)35(38(33)47)18-19-37-44(8)23-21-34(31-14-16-32(17-15-31)39(50)53-12)43(6,7)36(44)22-24-46(37,45)10/h14-17,21,33,35-38H,1,13,18-20,22-29H2,2-12H3,(H,48,51). The fraction of sp³-hybridized carbons (Fsp3) is 0.723. The second kappa shape index (κ2) is 14.1. The smallest absolute Gasteiger partial charge is 0.410 e. The Hall–Kier alpha value is -3.09. The van der Waals surface area contributed by atoms with Gasteiger partial charge >= 0.3 is 12.1 Å². The van der Waals surface area contributed by atoms with Crippen LogP contribution < -0.4 is 5.32 Å². The van der Waals surface area contributed by atoms with E-state index in [-0.39, 0.29) is 45.0 Å². The van der Waals surface area contributed by atoms with Crippen molar-refractivity contribution in [1.82, 2.24) is 10.2 Å². The quantitative estimate of drug-likeness (QED) is 0.163. The summed E-state index contributed by atoms with van der Waals surface area (Å²) >= 11 is 0. The molecule has 7 nitrogen and oxygen atoms in total. The fourth-order valence-electron chi connectivity index (χ4n) is 13.7. The molecule has 6 rings (SSSR count). The Balaban J connectivity index is 1.22. The first-order valence-electron chi connectivity index (χ1n) is 20.9. The number of esters is 1. The third-order valence-corrected chi connectivity index (χ3v) is 16.4. The highest BCUT2D eigenvalue weighted by atomic mass is 16.6. The Labute approximate surface area is 326 Å². The summed E-state index contributed by atoms with van der Waals surface area (Å²) in [4.78, 5) is 40.8. The molecule has 0 heterocycles. The molecule has 298 valence electrons. The molecule has 5 aliphatic carbocycles. The van der Waals surface area contributed by atoms with Crippen LogP contribution in [0.3, 0.4) is 0 Å². The first-order chi connectivity index (χ1) is 25.2. The highest BCUT2D eigenvalue weighted by Crippen LogP contribution is 2.77. The number of fused-ring (bicyclic) bond motifs is 7. The number of rotatable bonds is 8. The van der Waals surface area contributed by atoms with Crippen LogP contribution in [-0.4, -0.2) is 55.7 Å². The van der Waals surface area contributed by atoms with Gasteiger partial charge < -0.3 is 19.7 Å². The van der Waals surface area contributed by atoms with E-state index < -0.39 is 5.60 Å². The Morgan fingerprint density at radius 3 is 2.22 bits per heavy atom. The van der Waals surface area contributed by atoms with Crippen LogP contribution in [-0.2, 0) is 14.3 Å². The minimum absolute atomic E-state index is 0.00309. The van der Waals surface area contributed by atoms with Crippen LogP contribution in [0.4, 0.5) is 4.79 Å². The van der Waals surface area contributed by atoms with Gasteiger partial charge in [0.05, 0.1) is 18.1 Å². The minimum atomic E-state index is -0.533. The third kappa shape index (κ3) is 6.45. The molecule has 1 aromatic carbocycles. The molecule has 1 aromatic rings. The van der Waals surface area contributed by atoms with E-state index >= 15 is 0 Å². The van der Waals surface area contributed by atoms with Gasteiger partial charge in [0, 0.05) is 20.1 Å². The van der Waals surface area contributed by atoms with Crippen molar-refractivity contribution in [2.75, 3.05) is 27.2 Å². The van der Waals surface area contributed by atoms with Gasteiger partial charge in [-0.1, -0.05) is 65.0 Å². The highest BCUT2D eigenvalue weighted by Gasteiger charge is 2.71. The van der Waals surface area contributed by atoms with E-state index in [1.807, 2.05) is 32.9 Å². The average molecular weight is 743 g/mol. The summed E-state index contributed by atoms with van der Waals surface area (Å²) in [5, 5.41) is 3.40. The normalized spacial score (nSPS) is 36.6. The molecule has 0 aliphatic heterocycles. The van der Waals surface area contributed by atoms with Gasteiger partial charge in [0.25, 0.3) is 0 Å². The molecule has 0 spiro atoms. The van der Waals surface area contributed by atoms with Crippen LogP contribution in [0.1, 0.15) is 142 Å². The van der Waals surface area contributed by atoms with Crippen molar-refractivity contribution in [3.8, 4) is 0 Å². The van der Waals surface area contributed by atoms with Crippen LogP contribution >= 0.6 is 0 Å². The summed E-state index contributed by atoms with van der Waals surface area (Å²) in [6.07, 6.45) is 12.8. The Morgan fingerprint density at radius 1 is 0.907 bits per heavy atom. The van der Waals surface area contributed by atoms with E-state index in [4.69, 9.17) is 9.47 Å². The average Bonchev–Trinajstić information content (AvgIpc) is 3.50. The number of carbonyl (C=O) groups is 3. The Morgan fingerprint density at radius 2 is 1.59 bits per heavy atom. The molecular weight excluding hydrogens is 673 g/mol. The third-order valence-electron chi connectivity index (χ3n) is 16.4. The zero-order valence-electron chi connectivity index (χ0n) is 35.5. The predicted molar refractivity (Wildman–Crippen MR) is 217 cm³/mol. The molecule has 54 heavy (non-hydrogen) atoms. The Bertz CT molecular complexity index is 1670. The van der Waals surface area contributed by atoms with Crippen LogP contribution in [0.2, 0.25) is 0 Å². The van der Waals surface area contributed by atoms with Crippen LogP contribution in [0, 0.1) is 56.7 Å². The van der Waals surface area contributed by atoms with E-state index in [9.17, 15) is 14.4 Å². The maximum absolute atomic E-state index is 14.5. The van der Waals surface area contributed by atoms with Crippen LogP contribution in [0.25, 0.3) is 5.57 Å². The monoisotopic (exact) mass is 743 g/mol. The van der Waals surface area contributed by atoms with Gasteiger partial charge in [-0.2, -0.15) is 0 Å². The summed E-state index contributed by atoms with van der Waals surface area (Å²) in [5.41, 5.74) is 4.06. The molecule has 4 fully saturated rings. The van der Waals surface area contributed by atoms with E-state index in [0.717, 1.165) is 32.1 Å². The van der Waals surface area contributed by atoms with E-state index in [1.165, 1.54) is 49.5 Å². The molecule has 0 bridgehead atoms. The number of methoxy groups -OCH3 is 1. The van der Waals surface area contributed by atoms with Gasteiger partial charge in [0.15, 0.2) is 0 Å². The van der Waals surface area contributed by atoms with E-state index in [2.05, 4.69) is 71.6 Å². The van der Waals surface area contributed by atoms with Gasteiger partial charge in [-0.05, 0) is 166 Å². The predicted octanol–water partition coefficient (Wildman–Crippen LogP) is 10.5. The number of carbonyl (C=O) groups excluding carboxylic acids is 3. The molecule has 0 saturated heterocycles. The lowest BCUT2D eigenvalue weighted by molar-refractivity contribution is -0.225. The first-order valence-corrected chi connectivity index (χ1v) is 20.9. The lowest BCUT2D eigenvalue weighted by Crippen LogP contribution is -2.66. The summed E-state index contributed by atoms with van der Waals surface area (Å²) < 4.78 is 10.5. The molecule has 2 amide bonds. The number of benzene rings is 1. The fourth-order valence-corrected chi connectivity index (χ4v) is 13.7. The second-order valence-corrected chi connectivity index (χ2v) is 20.5. The lowest BCUT2D eigenvalue weighted by atomic mass is 9.32. The summed E-state index contributed by atoms with van der Waals surface area (Å²) in [7, 11) is 3.20. The number of nitrogens with one attached hydrogen (secondary N) is 1. The van der Waals surface area contributed by atoms with Crippen molar-refractivity contribution >= 4 is 23.5 Å². The van der Waals surface area contributed by atoms with Crippen LogP contribution in [0.5, 0.6) is 0 Å². The van der Waals surface area contributed by atoms with Gasteiger partial charge in [0.2, 0.25) is 5.91 Å². The number of hydrogen-bond acceptors (Lipinski definition) is 5. The number of hydrogen-bond donors (Lipinski definition) is 1. The maximum atomic E-state index is 14.5.